The summed E-state index contributed by atoms with van der Waals surface area (Å²) in [4.78, 5) is 25.4. The summed E-state index contributed by atoms with van der Waals surface area (Å²) in [6.07, 6.45) is 0. The predicted octanol–water partition coefficient (Wildman–Crippen LogP) is 0.243. The highest BCUT2D eigenvalue weighted by Crippen LogP contribution is 2.17. The molecule has 0 N–H and O–H groups in total. The molecule has 1 fully saturated rings. The summed E-state index contributed by atoms with van der Waals surface area (Å²) in [6.45, 7) is 1.25. The van der Waals surface area contributed by atoms with Gasteiger partial charge < -0.3 is 4.90 Å². The third-order valence-electron chi connectivity index (χ3n) is 1.61. The summed E-state index contributed by atoms with van der Waals surface area (Å²) < 4.78 is 0. The number of rotatable bonds is 3. The molecule has 0 radical (unpaired) electrons. The molecule has 0 aromatic heterocycles. The molecule has 1 rings (SSSR count). The normalized spacial score (nSPS) is 18.1. The molecule has 68 valence electrons. The van der Waals surface area contributed by atoms with Crippen LogP contribution in [0.1, 0.15) is 0 Å². The first-order valence-corrected chi connectivity index (χ1v) is 4.71. The minimum atomic E-state index is -0.109. The minimum absolute atomic E-state index is 0.0631. The van der Waals surface area contributed by atoms with Crippen LogP contribution in [0.3, 0.4) is 0 Å². The molecule has 2 amide bonds. The first-order chi connectivity index (χ1) is 5.61. The first-order valence-electron chi connectivity index (χ1n) is 3.73. The molecule has 0 atom stereocenters. The summed E-state index contributed by atoms with van der Waals surface area (Å²) in [7, 11) is 3.83. The Hall–Kier alpha value is -0.550. The van der Waals surface area contributed by atoms with Crippen molar-refractivity contribution in [3.63, 3.8) is 0 Å². The van der Waals surface area contributed by atoms with Crippen molar-refractivity contribution < 1.29 is 9.59 Å². The molecule has 5 heteroatoms. The van der Waals surface area contributed by atoms with Gasteiger partial charge in [0.25, 0.3) is 5.24 Å². The number of hydrogen-bond acceptors (Lipinski definition) is 4. The smallest absolute Gasteiger partial charge is 0.288 e. The molecule has 1 heterocycles. The lowest BCUT2D eigenvalue weighted by atomic mass is 10.5. The van der Waals surface area contributed by atoms with Gasteiger partial charge in [0.05, 0.1) is 5.75 Å². The third kappa shape index (κ3) is 2.22. The molecule has 0 aromatic carbocycles. The molecule has 1 saturated heterocycles. The van der Waals surface area contributed by atoms with Crippen molar-refractivity contribution in [2.24, 2.45) is 0 Å². The number of amides is 2. The Labute approximate surface area is 75.9 Å². The zero-order valence-electron chi connectivity index (χ0n) is 7.24. The van der Waals surface area contributed by atoms with Crippen LogP contribution in [-0.2, 0) is 4.79 Å². The Kier molecular flexibility index (Phi) is 3.11. The van der Waals surface area contributed by atoms with Crippen molar-refractivity contribution >= 4 is 22.9 Å². The number of hydrogen-bond donors (Lipinski definition) is 0. The topological polar surface area (TPSA) is 40.6 Å². The number of carbonyl (C=O) groups excluding carboxylic acids is 2. The van der Waals surface area contributed by atoms with E-state index in [9.17, 15) is 9.59 Å². The van der Waals surface area contributed by atoms with Gasteiger partial charge in [-0.15, -0.1) is 0 Å². The van der Waals surface area contributed by atoms with Gasteiger partial charge in [-0.1, -0.05) is 11.8 Å². The second-order valence-electron chi connectivity index (χ2n) is 2.90. The fraction of sp³-hybridized carbons (Fsp3) is 0.714. The Morgan fingerprint density at radius 3 is 2.58 bits per heavy atom. The van der Waals surface area contributed by atoms with Gasteiger partial charge in [0.1, 0.15) is 0 Å². The molecule has 0 spiro atoms. The second kappa shape index (κ2) is 3.91. The van der Waals surface area contributed by atoms with E-state index in [2.05, 4.69) is 0 Å². The monoisotopic (exact) mass is 188 g/mol. The van der Waals surface area contributed by atoms with E-state index in [0.717, 1.165) is 18.3 Å². The molecule has 0 unspecified atom stereocenters. The van der Waals surface area contributed by atoms with Crippen LogP contribution in [0.5, 0.6) is 0 Å². The highest BCUT2D eigenvalue weighted by Gasteiger charge is 2.29. The molecular weight excluding hydrogens is 176 g/mol. The molecule has 0 aliphatic carbocycles. The van der Waals surface area contributed by atoms with E-state index < -0.39 is 0 Å². The van der Waals surface area contributed by atoms with Crippen LogP contribution in [0.4, 0.5) is 4.79 Å². The van der Waals surface area contributed by atoms with E-state index in [1.54, 1.807) is 0 Å². The Morgan fingerprint density at radius 2 is 2.17 bits per heavy atom. The van der Waals surface area contributed by atoms with Crippen molar-refractivity contribution in [2.45, 2.75) is 0 Å². The van der Waals surface area contributed by atoms with E-state index in [1.807, 2.05) is 19.0 Å². The van der Waals surface area contributed by atoms with E-state index in [1.165, 1.54) is 4.90 Å². The van der Waals surface area contributed by atoms with Crippen LogP contribution < -0.4 is 0 Å². The van der Waals surface area contributed by atoms with Gasteiger partial charge in [0, 0.05) is 13.1 Å². The minimum Gasteiger partial charge on any atom is -0.308 e. The molecule has 1 aliphatic rings. The average Bonchev–Trinajstić information content (AvgIpc) is 2.28. The number of thioether (sulfide) groups is 1. The molecule has 4 nitrogen and oxygen atoms in total. The highest BCUT2D eigenvalue weighted by molar-refractivity contribution is 8.14. The fourth-order valence-corrected chi connectivity index (χ4v) is 1.65. The van der Waals surface area contributed by atoms with Gasteiger partial charge in [0.2, 0.25) is 5.91 Å². The first kappa shape index (κ1) is 9.54. The summed E-state index contributed by atoms with van der Waals surface area (Å²) in [5, 5.41) is -0.109. The third-order valence-corrected chi connectivity index (χ3v) is 2.47. The predicted molar refractivity (Wildman–Crippen MR) is 48.1 cm³/mol. The van der Waals surface area contributed by atoms with E-state index in [4.69, 9.17) is 0 Å². The van der Waals surface area contributed by atoms with Crippen LogP contribution in [-0.4, -0.2) is 53.9 Å². The summed E-state index contributed by atoms with van der Waals surface area (Å²) in [5.41, 5.74) is 0. The Morgan fingerprint density at radius 1 is 1.50 bits per heavy atom. The van der Waals surface area contributed by atoms with E-state index >= 15 is 0 Å². The lowest BCUT2D eigenvalue weighted by molar-refractivity contribution is -0.124. The SMILES string of the molecule is CN(C)CCN1C(=O)CSC1=O. The molecule has 0 saturated carbocycles. The van der Waals surface area contributed by atoms with E-state index in [-0.39, 0.29) is 11.1 Å². The van der Waals surface area contributed by atoms with Crippen LogP contribution in [0, 0.1) is 0 Å². The largest absolute Gasteiger partial charge is 0.308 e. The molecule has 1 aliphatic heterocycles. The lowest BCUT2D eigenvalue weighted by Gasteiger charge is -2.15. The van der Waals surface area contributed by atoms with Crippen molar-refractivity contribution in [1.82, 2.24) is 9.80 Å². The summed E-state index contributed by atoms with van der Waals surface area (Å²) >= 11 is 1.08. The number of likely N-dealkylation sites (N-methyl/N-ethyl adjacent to an activating group) is 1. The fourth-order valence-electron chi connectivity index (χ4n) is 0.897. The van der Waals surface area contributed by atoms with Gasteiger partial charge in [-0.25, -0.2) is 0 Å². The highest BCUT2D eigenvalue weighted by atomic mass is 32.2. The van der Waals surface area contributed by atoms with Gasteiger partial charge in [-0.2, -0.15) is 0 Å². The number of nitrogens with zero attached hydrogens (tertiary/aromatic N) is 2. The second-order valence-corrected chi connectivity index (χ2v) is 3.83. The Balaban J connectivity index is 2.40. The number of carbonyl (C=O) groups is 2. The molecule has 0 aromatic rings. The van der Waals surface area contributed by atoms with Crippen molar-refractivity contribution in [3.05, 3.63) is 0 Å². The zero-order valence-corrected chi connectivity index (χ0v) is 8.06. The van der Waals surface area contributed by atoms with Crippen LogP contribution in [0.2, 0.25) is 0 Å². The Bertz CT molecular complexity index is 190. The molecular formula is C7H12N2O2S. The zero-order chi connectivity index (χ0) is 9.14. The van der Waals surface area contributed by atoms with Gasteiger partial charge in [0.15, 0.2) is 0 Å². The quantitative estimate of drug-likeness (QED) is 0.636. The maximum Gasteiger partial charge on any atom is 0.288 e. The maximum absolute atomic E-state index is 11.1. The van der Waals surface area contributed by atoms with Crippen LogP contribution in [0.15, 0.2) is 0 Å². The van der Waals surface area contributed by atoms with Crippen molar-refractivity contribution in [2.75, 3.05) is 32.9 Å². The maximum atomic E-state index is 11.1. The summed E-state index contributed by atoms with van der Waals surface area (Å²) in [6, 6.07) is 0. The van der Waals surface area contributed by atoms with Crippen molar-refractivity contribution in [1.29, 1.82) is 0 Å². The lowest BCUT2D eigenvalue weighted by Crippen LogP contribution is -2.35. The molecule has 0 bridgehead atoms. The van der Waals surface area contributed by atoms with E-state index in [0.29, 0.717) is 12.3 Å². The number of imide groups is 1. The summed E-state index contributed by atoms with van der Waals surface area (Å²) in [5.74, 6) is 0.249. The van der Waals surface area contributed by atoms with Gasteiger partial charge >= 0.3 is 0 Å². The van der Waals surface area contributed by atoms with Gasteiger partial charge in [-0.3, -0.25) is 14.5 Å². The standard InChI is InChI=1S/C7H12N2O2S/c1-8(2)3-4-9-6(10)5-12-7(9)11/h3-5H2,1-2H3. The van der Waals surface area contributed by atoms with Gasteiger partial charge in [-0.05, 0) is 14.1 Å². The average molecular weight is 188 g/mol. The van der Waals surface area contributed by atoms with Crippen molar-refractivity contribution in [3.8, 4) is 0 Å². The van der Waals surface area contributed by atoms with Crippen LogP contribution in [0.25, 0.3) is 0 Å². The van der Waals surface area contributed by atoms with Crippen LogP contribution >= 0.6 is 11.8 Å². The molecule has 12 heavy (non-hydrogen) atoms.